The standard InChI is InChI=1S/C14H17Cl2FN2O2/c1-21-9-14(17)2-3-19(8-14)7-13(20)18-12-5-10(15)4-11(16)6-12/h4-6H,2-3,7-9H2,1H3,(H,18,20). The van der Waals surface area contributed by atoms with E-state index in [0.717, 1.165) is 0 Å². The Hall–Kier alpha value is -0.880. The van der Waals surface area contributed by atoms with E-state index in [0.29, 0.717) is 28.7 Å². The maximum Gasteiger partial charge on any atom is 0.238 e. The number of hydrogen-bond donors (Lipinski definition) is 1. The largest absolute Gasteiger partial charge is 0.381 e. The highest BCUT2D eigenvalue weighted by molar-refractivity contribution is 6.35. The van der Waals surface area contributed by atoms with E-state index in [9.17, 15) is 9.18 Å². The third kappa shape index (κ3) is 4.81. The number of anilines is 1. The molecular weight excluding hydrogens is 318 g/mol. The van der Waals surface area contributed by atoms with Crippen LogP contribution in [0.3, 0.4) is 0 Å². The molecule has 1 unspecified atom stereocenters. The Balaban J connectivity index is 1.88. The van der Waals surface area contributed by atoms with Crippen LogP contribution in [-0.2, 0) is 9.53 Å². The normalized spacial score (nSPS) is 22.5. The number of likely N-dealkylation sites (tertiary alicyclic amines) is 1. The summed E-state index contributed by atoms with van der Waals surface area (Å²) < 4.78 is 19.1. The van der Waals surface area contributed by atoms with Crippen LogP contribution in [0.15, 0.2) is 18.2 Å². The van der Waals surface area contributed by atoms with Crippen molar-refractivity contribution >= 4 is 34.8 Å². The molecule has 116 valence electrons. The average Bonchev–Trinajstić information content (AvgIpc) is 2.69. The third-order valence-corrected chi connectivity index (χ3v) is 3.74. The predicted molar refractivity (Wildman–Crippen MR) is 81.9 cm³/mol. The van der Waals surface area contributed by atoms with E-state index in [-0.39, 0.29) is 25.6 Å². The van der Waals surface area contributed by atoms with Crippen LogP contribution in [0.1, 0.15) is 6.42 Å². The van der Waals surface area contributed by atoms with Gasteiger partial charge in [-0.25, -0.2) is 4.39 Å². The fourth-order valence-electron chi connectivity index (χ4n) is 2.46. The summed E-state index contributed by atoms with van der Waals surface area (Å²) in [6.45, 7) is 0.905. The first-order valence-electron chi connectivity index (χ1n) is 6.56. The zero-order valence-electron chi connectivity index (χ0n) is 11.7. The Morgan fingerprint density at radius 1 is 1.43 bits per heavy atom. The number of carbonyl (C=O) groups excluding carboxylic acids is 1. The van der Waals surface area contributed by atoms with E-state index in [1.54, 1.807) is 23.1 Å². The van der Waals surface area contributed by atoms with Crippen molar-refractivity contribution in [1.82, 2.24) is 4.90 Å². The summed E-state index contributed by atoms with van der Waals surface area (Å²) in [7, 11) is 1.47. The molecule has 1 N–H and O–H groups in total. The number of carbonyl (C=O) groups is 1. The van der Waals surface area contributed by atoms with Crippen LogP contribution >= 0.6 is 23.2 Å². The lowest BCUT2D eigenvalue weighted by molar-refractivity contribution is -0.117. The van der Waals surface area contributed by atoms with Gasteiger partial charge in [0.25, 0.3) is 0 Å². The molecule has 1 aromatic rings. The van der Waals surface area contributed by atoms with Crippen LogP contribution in [0.25, 0.3) is 0 Å². The lowest BCUT2D eigenvalue weighted by atomic mass is 10.1. The number of methoxy groups -OCH3 is 1. The smallest absolute Gasteiger partial charge is 0.238 e. The van der Waals surface area contributed by atoms with Crippen LogP contribution in [0.4, 0.5) is 10.1 Å². The Kier molecular flexibility index (Phi) is 5.43. The van der Waals surface area contributed by atoms with Crippen molar-refractivity contribution in [2.75, 3.05) is 38.7 Å². The van der Waals surface area contributed by atoms with E-state index < -0.39 is 5.67 Å². The number of benzene rings is 1. The second-order valence-corrected chi connectivity index (χ2v) is 6.12. The molecule has 0 radical (unpaired) electrons. The summed E-state index contributed by atoms with van der Waals surface area (Å²) in [5.74, 6) is -0.227. The Labute approximate surface area is 133 Å². The van der Waals surface area contributed by atoms with Gasteiger partial charge >= 0.3 is 0 Å². The van der Waals surface area contributed by atoms with Crippen molar-refractivity contribution in [3.8, 4) is 0 Å². The van der Waals surface area contributed by atoms with E-state index in [1.807, 2.05) is 0 Å². The lowest BCUT2D eigenvalue weighted by Crippen LogP contribution is -2.36. The highest BCUT2D eigenvalue weighted by Gasteiger charge is 2.38. The molecule has 1 aromatic carbocycles. The second-order valence-electron chi connectivity index (χ2n) is 5.25. The van der Waals surface area contributed by atoms with Gasteiger partial charge in [0.2, 0.25) is 5.91 Å². The van der Waals surface area contributed by atoms with Crippen molar-refractivity contribution in [2.24, 2.45) is 0 Å². The summed E-state index contributed by atoms with van der Waals surface area (Å²) in [6, 6.07) is 4.81. The minimum absolute atomic E-state index is 0.0506. The number of rotatable bonds is 5. The van der Waals surface area contributed by atoms with Gasteiger partial charge in [-0.15, -0.1) is 0 Å². The van der Waals surface area contributed by atoms with Gasteiger partial charge in [-0.05, 0) is 24.6 Å². The number of hydrogen-bond acceptors (Lipinski definition) is 3. The molecular formula is C14H17Cl2FN2O2. The monoisotopic (exact) mass is 334 g/mol. The summed E-state index contributed by atoms with van der Waals surface area (Å²) in [6.07, 6.45) is 0.372. The number of nitrogens with zero attached hydrogens (tertiary/aromatic N) is 1. The van der Waals surface area contributed by atoms with Gasteiger partial charge in [0.15, 0.2) is 0 Å². The molecule has 1 amide bonds. The van der Waals surface area contributed by atoms with Crippen LogP contribution in [0.2, 0.25) is 10.0 Å². The minimum Gasteiger partial charge on any atom is -0.381 e. The van der Waals surface area contributed by atoms with Crippen molar-refractivity contribution in [2.45, 2.75) is 12.1 Å². The predicted octanol–water partition coefficient (Wildman–Crippen LogP) is 2.99. The maximum absolute atomic E-state index is 14.2. The molecule has 2 rings (SSSR count). The third-order valence-electron chi connectivity index (χ3n) is 3.30. The molecule has 1 aliphatic heterocycles. The van der Waals surface area contributed by atoms with Crippen molar-refractivity contribution < 1.29 is 13.9 Å². The molecule has 1 saturated heterocycles. The molecule has 7 heteroatoms. The summed E-state index contributed by atoms with van der Waals surface area (Å²) in [5, 5.41) is 3.60. The van der Waals surface area contributed by atoms with Crippen LogP contribution in [-0.4, -0.2) is 49.8 Å². The number of amides is 1. The summed E-state index contributed by atoms with van der Waals surface area (Å²) >= 11 is 11.7. The molecule has 0 bridgehead atoms. The second kappa shape index (κ2) is 6.92. The number of ether oxygens (including phenoxy) is 1. The van der Waals surface area contributed by atoms with Crippen molar-refractivity contribution in [3.05, 3.63) is 28.2 Å². The number of nitrogens with one attached hydrogen (secondary N) is 1. The van der Waals surface area contributed by atoms with Crippen molar-refractivity contribution in [3.63, 3.8) is 0 Å². The van der Waals surface area contributed by atoms with Crippen molar-refractivity contribution in [1.29, 1.82) is 0 Å². The van der Waals surface area contributed by atoms with Gasteiger partial charge in [0, 0.05) is 35.9 Å². The van der Waals surface area contributed by atoms with Crippen LogP contribution in [0, 0.1) is 0 Å². The first-order chi connectivity index (χ1) is 9.90. The van der Waals surface area contributed by atoms with E-state index in [1.165, 1.54) is 7.11 Å². The molecule has 0 aliphatic carbocycles. The molecule has 1 aliphatic rings. The quantitative estimate of drug-likeness (QED) is 0.899. The zero-order valence-corrected chi connectivity index (χ0v) is 13.2. The fourth-order valence-corrected chi connectivity index (χ4v) is 2.98. The van der Waals surface area contributed by atoms with Gasteiger partial charge in [-0.1, -0.05) is 23.2 Å². The highest BCUT2D eigenvalue weighted by atomic mass is 35.5. The van der Waals surface area contributed by atoms with Gasteiger partial charge in [0.1, 0.15) is 5.67 Å². The first-order valence-corrected chi connectivity index (χ1v) is 7.32. The van der Waals surface area contributed by atoms with Gasteiger partial charge in [0.05, 0.1) is 13.2 Å². The number of halogens is 3. The molecule has 1 atom stereocenters. The maximum atomic E-state index is 14.2. The topological polar surface area (TPSA) is 41.6 Å². The molecule has 1 heterocycles. The number of alkyl halides is 1. The Morgan fingerprint density at radius 2 is 2.10 bits per heavy atom. The van der Waals surface area contributed by atoms with E-state index >= 15 is 0 Å². The molecule has 1 fully saturated rings. The fraction of sp³-hybridized carbons (Fsp3) is 0.500. The summed E-state index contributed by atoms with van der Waals surface area (Å²) in [5.41, 5.74) is -0.839. The summed E-state index contributed by atoms with van der Waals surface area (Å²) in [4.78, 5) is 13.7. The van der Waals surface area contributed by atoms with Gasteiger partial charge in [-0.3, -0.25) is 9.69 Å². The molecule has 0 aromatic heterocycles. The molecule has 0 saturated carbocycles. The lowest BCUT2D eigenvalue weighted by Gasteiger charge is -2.19. The van der Waals surface area contributed by atoms with Gasteiger partial charge in [-0.2, -0.15) is 0 Å². The Bertz CT molecular complexity index is 509. The van der Waals surface area contributed by atoms with Crippen LogP contribution in [0.5, 0.6) is 0 Å². The van der Waals surface area contributed by atoms with Crippen LogP contribution < -0.4 is 5.32 Å². The Morgan fingerprint density at radius 3 is 2.71 bits per heavy atom. The zero-order chi connectivity index (χ0) is 15.5. The van der Waals surface area contributed by atoms with Gasteiger partial charge < -0.3 is 10.1 Å². The SMILES string of the molecule is COCC1(F)CCN(CC(=O)Nc2cc(Cl)cc(Cl)c2)C1. The minimum atomic E-state index is -1.37. The average molecular weight is 335 g/mol. The molecule has 4 nitrogen and oxygen atoms in total. The van der Waals surface area contributed by atoms with E-state index in [4.69, 9.17) is 27.9 Å². The highest BCUT2D eigenvalue weighted by Crippen LogP contribution is 2.26. The molecule has 21 heavy (non-hydrogen) atoms. The van der Waals surface area contributed by atoms with E-state index in [2.05, 4.69) is 5.32 Å². The molecule has 0 spiro atoms. The first kappa shape index (κ1) is 16.5.